The molecule has 1 aromatic carbocycles. The van der Waals surface area contributed by atoms with Crippen LogP contribution in [0.15, 0.2) is 22.7 Å². The van der Waals surface area contributed by atoms with Crippen LogP contribution in [-0.2, 0) is 16.6 Å². The van der Waals surface area contributed by atoms with Crippen molar-refractivity contribution in [2.75, 3.05) is 25.9 Å². The third-order valence-electron chi connectivity index (χ3n) is 3.71. The Morgan fingerprint density at radius 2 is 2.24 bits per heavy atom. The Morgan fingerprint density at radius 3 is 2.95 bits per heavy atom. The molecule has 0 aromatic heterocycles. The summed E-state index contributed by atoms with van der Waals surface area (Å²) in [7, 11) is -3.11. The number of nitrogens with one attached hydrogen (secondary N) is 1. The Bertz CT molecular complexity index is 595. The molecular weight excluding hydrogens is 359 g/mol. The van der Waals surface area contributed by atoms with Crippen LogP contribution in [0.5, 0.6) is 0 Å². The summed E-state index contributed by atoms with van der Waals surface area (Å²) < 4.78 is 39.1. The highest BCUT2D eigenvalue weighted by atomic mass is 79.9. The van der Waals surface area contributed by atoms with Gasteiger partial charge in [-0.1, -0.05) is 15.9 Å². The zero-order chi connectivity index (χ0) is 15.5. The summed E-state index contributed by atoms with van der Waals surface area (Å²) in [5.41, 5.74) is 0.611. The van der Waals surface area contributed by atoms with Gasteiger partial charge in [0.2, 0.25) is 10.0 Å². The van der Waals surface area contributed by atoms with E-state index in [1.165, 1.54) is 16.6 Å². The summed E-state index contributed by atoms with van der Waals surface area (Å²) in [5.74, 6) is 0.0517. The van der Waals surface area contributed by atoms with Gasteiger partial charge in [-0.15, -0.1) is 0 Å². The molecule has 0 amide bonds. The molecule has 1 fully saturated rings. The van der Waals surface area contributed by atoms with Crippen molar-refractivity contribution < 1.29 is 12.8 Å². The Hall–Kier alpha value is -0.500. The van der Waals surface area contributed by atoms with Crippen molar-refractivity contribution in [3.05, 3.63) is 34.1 Å². The van der Waals surface area contributed by atoms with Gasteiger partial charge in [-0.2, -0.15) is 0 Å². The maximum Gasteiger partial charge on any atom is 0.211 e. The predicted molar refractivity (Wildman–Crippen MR) is 84.9 cm³/mol. The molecule has 0 spiro atoms. The second kappa shape index (κ2) is 7.17. The number of sulfonamides is 1. The minimum absolute atomic E-state index is 0.230. The van der Waals surface area contributed by atoms with E-state index >= 15 is 0 Å². The molecule has 2 rings (SSSR count). The van der Waals surface area contributed by atoms with Gasteiger partial charge in [-0.05, 0) is 43.5 Å². The first-order valence-electron chi connectivity index (χ1n) is 6.96. The van der Waals surface area contributed by atoms with Gasteiger partial charge >= 0.3 is 0 Å². The summed E-state index contributed by atoms with van der Waals surface area (Å²) in [6.45, 7) is 2.29. The fourth-order valence-electron chi connectivity index (χ4n) is 2.58. The average molecular weight is 379 g/mol. The van der Waals surface area contributed by atoms with Crippen molar-refractivity contribution in [1.29, 1.82) is 0 Å². The molecule has 1 aliphatic heterocycles. The van der Waals surface area contributed by atoms with E-state index < -0.39 is 10.0 Å². The summed E-state index contributed by atoms with van der Waals surface area (Å²) in [6, 6.07) is 4.86. The van der Waals surface area contributed by atoms with Gasteiger partial charge < -0.3 is 5.32 Å². The molecule has 0 radical (unpaired) electrons. The summed E-state index contributed by atoms with van der Waals surface area (Å²) in [5, 5.41) is 3.23. The first kappa shape index (κ1) is 16.9. The molecule has 1 atom stereocenters. The molecule has 1 aromatic rings. The average Bonchev–Trinajstić information content (AvgIpc) is 2.42. The van der Waals surface area contributed by atoms with Crippen molar-refractivity contribution in [3.63, 3.8) is 0 Å². The van der Waals surface area contributed by atoms with E-state index in [1.807, 2.05) is 0 Å². The molecule has 1 N–H and O–H groups in total. The Balaban J connectivity index is 1.84. The maximum atomic E-state index is 13.6. The fourth-order valence-corrected chi connectivity index (χ4v) is 3.94. The van der Waals surface area contributed by atoms with E-state index in [0.717, 1.165) is 17.3 Å². The smallest absolute Gasteiger partial charge is 0.211 e. The molecule has 0 bridgehead atoms. The largest absolute Gasteiger partial charge is 0.312 e. The third-order valence-corrected chi connectivity index (χ3v) is 5.47. The van der Waals surface area contributed by atoms with Crippen molar-refractivity contribution in [2.45, 2.75) is 19.4 Å². The number of piperidine rings is 1. The Morgan fingerprint density at radius 1 is 1.48 bits per heavy atom. The molecule has 21 heavy (non-hydrogen) atoms. The van der Waals surface area contributed by atoms with Crippen LogP contribution in [-0.4, -0.2) is 38.6 Å². The van der Waals surface area contributed by atoms with Crippen molar-refractivity contribution in [1.82, 2.24) is 9.62 Å². The van der Waals surface area contributed by atoms with E-state index in [4.69, 9.17) is 0 Å². The van der Waals surface area contributed by atoms with Crippen molar-refractivity contribution in [2.24, 2.45) is 5.92 Å². The highest BCUT2D eigenvalue weighted by Crippen LogP contribution is 2.19. The van der Waals surface area contributed by atoms with Crippen LogP contribution in [0, 0.1) is 11.7 Å². The molecule has 4 nitrogen and oxygen atoms in total. The quantitative estimate of drug-likeness (QED) is 0.855. The zero-order valence-electron chi connectivity index (χ0n) is 12.0. The summed E-state index contributed by atoms with van der Waals surface area (Å²) >= 11 is 3.33. The number of hydrogen-bond donors (Lipinski definition) is 1. The molecule has 0 saturated carbocycles. The minimum Gasteiger partial charge on any atom is -0.312 e. The lowest BCUT2D eigenvalue weighted by Gasteiger charge is -2.31. The van der Waals surface area contributed by atoms with Crippen LogP contribution in [0.25, 0.3) is 0 Å². The highest BCUT2D eigenvalue weighted by Gasteiger charge is 2.25. The molecule has 7 heteroatoms. The van der Waals surface area contributed by atoms with Crippen molar-refractivity contribution in [3.8, 4) is 0 Å². The second-order valence-electron chi connectivity index (χ2n) is 5.50. The molecular formula is C14H20BrFN2O2S. The molecule has 118 valence electrons. The number of nitrogens with zero attached hydrogens (tertiary/aromatic N) is 1. The van der Waals surface area contributed by atoms with E-state index in [-0.39, 0.29) is 11.7 Å². The van der Waals surface area contributed by atoms with Crippen LogP contribution < -0.4 is 5.32 Å². The lowest BCUT2D eigenvalue weighted by Crippen LogP contribution is -2.42. The van der Waals surface area contributed by atoms with Crippen LogP contribution in [0.1, 0.15) is 18.4 Å². The van der Waals surface area contributed by atoms with Gasteiger partial charge in [0.15, 0.2) is 0 Å². The topological polar surface area (TPSA) is 49.4 Å². The number of hydrogen-bond acceptors (Lipinski definition) is 3. The standard InChI is InChI=1S/C14H20BrFN2O2S/c1-21(19,20)18-6-2-3-11(10-18)8-17-9-12-7-13(15)4-5-14(12)16/h4-5,7,11,17H,2-3,6,8-10H2,1H3. The van der Waals surface area contributed by atoms with E-state index in [9.17, 15) is 12.8 Å². The summed E-state index contributed by atoms with van der Waals surface area (Å²) in [6.07, 6.45) is 3.13. The number of benzene rings is 1. The first-order chi connectivity index (χ1) is 9.86. The van der Waals surface area contributed by atoms with Crippen molar-refractivity contribution >= 4 is 26.0 Å². The molecule has 0 aliphatic carbocycles. The third kappa shape index (κ3) is 5.02. The number of halogens is 2. The van der Waals surface area contributed by atoms with Crippen LogP contribution in [0.2, 0.25) is 0 Å². The minimum atomic E-state index is -3.11. The predicted octanol–water partition coefficient (Wildman–Crippen LogP) is 2.35. The van der Waals surface area contributed by atoms with E-state index in [1.54, 1.807) is 12.1 Å². The second-order valence-corrected chi connectivity index (χ2v) is 8.39. The lowest BCUT2D eigenvalue weighted by molar-refractivity contribution is 0.261. The first-order valence-corrected chi connectivity index (χ1v) is 9.60. The Kier molecular flexibility index (Phi) is 5.76. The van der Waals surface area contributed by atoms with Crippen LogP contribution >= 0.6 is 15.9 Å². The van der Waals surface area contributed by atoms with Gasteiger partial charge in [0.1, 0.15) is 5.82 Å². The summed E-state index contributed by atoms with van der Waals surface area (Å²) in [4.78, 5) is 0. The van der Waals surface area contributed by atoms with E-state index in [0.29, 0.717) is 31.7 Å². The van der Waals surface area contributed by atoms with Gasteiger partial charge in [-0.25, -0.2) is 17.1 Å². The molecule has 1 saturated heterocycles. The van der Waals surface area contributed by atoms with Gasteiger partial charge in [0.25, 0.3) is 0 Å². The zero-order valence-corrected chi connectivity index (χ0v) is 14.4. The normalized spacial score (nSPS) is 20.6. The van der Waals surface area contributed by atoms with E-state index in [2.05, 4.69) is 21.2 Å². The monoisotopic (exact) mass is 378 g/mol. The van der Waals surface area contributed by atoms with Gasteiger partial charge in [0.05, 0.1) is 6.26 Å². The SMILES string of the molecule is CS(=O)(=O)N1CCCC(CNCc2cc(Br)ccc2F)C1. The van der Waals surface area contributed by atoms with Gasteiger partial charge in [0, 0.05) is 29.7 Å². The Labute approximate surface area is 133 Å². The maximum absolute atomic E-state index is 13.6. The fraction of sp³-hybridized carbons (Fsp3) is 0.571. The molecule has 1 unspecified atom stereocenters. The van der Waals surface area contributed by atoms with Gasteiger partial charge in [-0.3, -0.25) is 0 Å². The molecule has 1 heterocycles. The van der Waals surface area contributed by atoms with Crippen LogP contribution in [0.4, 0.5) is 4.39 Å². The molecule has 1 aliphatic rings. The number of rotatable bonds is 5. The van der Waals surface area contributed by atoms with Crippen LogP contribution in [0.3, 0.4) is 0 Å². The highest BCUT2D eigenvalue weighted by molar-refractivity contribution is 9.10. The lowest BCUT2D eigenvalue weighted by atomic mass is 9.99.